The van der Waals surface area contributed by atoms with Gasteiger partial charge in [-0.25, -0.2) is 0 Å². The number of fused-ring (bicyclic) bond motifs is 1. The van der Waals surface area contributed by atoms with Crippen LogP contribution in [0.5, 0.6) is 0 Å². The summed E-state index contributed by atoms with van der Waals surface area (Å²) in [6.45, 7) is 1.86. The number of aromatic nitrogens is 2. The van der Waals surface area contributed by atoms with E-state index in [4.69, 9.17) is 16.1 Å². The Morgan fingerprint density at radius 3 is 2.71 bits per heavy atom. The minimum absolute atomic E-state index is 0.147. The maximum atomic E-state index is 5.88. The molecule has 76 valence electrons. The fourth-order valence-electron chi connectivity index (χ4n) is 2.73. The molecule has 0 amide bonds. The molecule has 1 heterocycles. The largest absolute Gasteiger partial charge is 0.339 e. The van der Waals surface area contributed by atoms with Crippen molar-refractivity contribution in [3.8, 4) is 0 Å². The lowest BCUT2D eigenvalue weighted by Crippen LogP contribution is -1.90. The van der Waals surface area contributed by atoms with E-state index in [1.165, 1.54) is 19.3 Å². The Morgan fingerprint density at radius 1 is 1.43 bits per heavy atom. The molecule has 2 aliphatic carbocycles. The normalized spacial score (nSPS) is 36.9. The molecule has 2 aliphatic rings. The maximum Gasteiger partial charge on any atom is 0.230 e. The summed E-state index contributed by atoms with van der Waals surface area (Å²) < 4.78 is 5.24. The Morgan fingerprint density at radius 2 is 2.14 bits per heavy atom. The zero-order valence-corrected chi connectivity index (χ0v) is 8.87. The van der Waals surface area contributed by atoms with Crippen molar-refractivity contribution >= 4 is 11.6 Å². The molecule has 14 heavy (non-hydrogen) atoms. The Hall–Kier alpha value is -0.570. The first-order chi connectivity index (χ1) is 6.77. The third-order valence-corrected chi connectivity index (χ3v) is 3.70. The highest BCUT2D eigenvalue weighted by molar-refractivity contribution is 6.20. The molecule has 2 fully saturated rings. The minimum atomic E-state index is -0.147. The van der Waals surface area contributed by atoms with Gasteiger partial charge in [0.05, 0.1) is 5.38 Å². The average Bonchev–Trinajstić information content (AvgIpc) is 2.63. The van der Waals surface area contributed by atoms with Crippen molar-refractivity contribution in [2.24, 2.45) is 11.8 Å². The van der Waals surface area contributed by atoms with Crippen molar-refractivity contribution in [2.75, 3.05) is 0 Å². The van der Waals surface area contributed by atoms with E-state index in [1.807, 2.05) is 6.92 Å². The fraction of sp³-hybridized carbons (Fsp3) is 0.800. The molecule has 2 saturated carbocycles. The van der Waals surface area contributed by atoms with Crippen LogP contribution in [-0.2, 0) is 0 Å². The summed E-state index contributed by atoms with van der Waals surface area (Å²) in [6, 6.07) is 0. The Labute approximate surface area is 87.8 Å². The molecule has 3 rings (SSSR count). The SMILES string of the molecule is CC(Cl)c1noc(C2C3CCCC32)n1. The molecule has 1 aromatic rings. The number of alkyl halides is 1. The smallest absolute Gasteiger partial charge is 0.230 e. The van der Waals surface area contributed by atoms with Gasteiger partial charge in [0.25, 0.3) is 0 Å². The van der Waals surface area contributed by atoms with Crippen LogP contribution >= 0.6 is 11.6 Å². The zero-order valence-electron chi connectivity index (χ0n) is 8.11. The van der Waals surface area contributed by atoms with Gasteiger partial charge in [0.15, 0.2) is 5.82 Å². The highest BCUT2D eigenvalue weighted by Crippen LogP contribution is 2.62. The standard InChI is InChI=1S/C10H13ClN2O/c1-5(11)9-12-10(14-13-9)8-6-3-2-4-7(6)8/h5-8H,2-4H2,1H3. The summed E-state index contributed by atoms with van der Waals surface area (Å²) in [5.74, 6) is 3.66. The molecule has 3 unspecified atom stereocenters. The first kappa shape index (κ1) is 8.72. The van der Waals surface area contributed by atoms with Crippen molar-refractivity contribution in [3.05, 3.63) is 11.7 Å². The minimum Gasteiger partial charge on any atom is -0.339 e. The molecular weight excluding hydrogens is 200 g/mol. The van der Waals surface area contributed by atoms with Gasteiger partial charge >= 0.3 is 0 Å². The molecule has 0 aromatic carbocycles. The van der Waals surface area contributed by atoms with E-state index < -0.39 is 0 Å². The van der Waals surface area contributed by atoms with Crippen LogP contribution in [0, 0.1) is 11.8 Å². The highest BCUT2D eigenvalue weighted by atomic mass is 35.5. The first-order valence-electron chi connectivity index (χ1n) is 5.25. The number of rotatable bonds is 2. The van der Waals surface area contributed by atoms with Crippen molar-refractivity contribution in [2.45, 2.75) is 37.5 Å². The van der Waals surface area contributed by atoms with Gasteiger partial charge in [-0.15, -0.1) is 11.6 Å². The van der Waals surface area contributed by atoms with Crippen LogP contribution in [0.25, 0.3) is 0 Å². The fourth-order valence-corrected chi connectivity index (χ4v) is 2.82. The Kier molecular flexibility index (Phi) is 1.84. The van der Waals surface area contributed by atoms with Gasteiger partial charge in [0, 0.05) is 5.92 Å². The van der Waals surface area contributed by atoms with Gasteiger partial charge in [-0.05, 0) is 31.6 Å². The van der Waals surface area contributed by atoms with Crippen LogP contribution in [0.3, 0.4) is 0 Å². The lowest BCUT2D eigenvalue weighted by Gasteiger charge is -1.95. The van der Waals surface area contributed by atoms with Crippen LogP contribution in [0.15, 0.2) is 4.52 Å². The van der Waals surface area contributed by atoms with Crippen LogP contribution in [0.2, 0.25) is 0 Å². The molecule has 0 aliphatic heterocycles. The van der Waals surface area contributed by atoms with Gasteiger partial charge in [-0.1, -0.05) is 11.6 Å². The van der Waals surface area contributed by atoms with E-state index in [9.17, 15) is 0 Å². The third-order valence-electron chi connectivity index (χ3n) is 3.50. The summed E-state index contributed by atoms with van der Waals surface area (Å²) in [4.78, 5) is 4.34. The Balaban J connectivity index is 1.78. The summed E-state index contributed by atoms with van der Waals surface area (Å²) in [5, 5.41) is 3.74. The van der Waals surface area contributed by atoms with E-state index in [2.05, 4.69) is 10.1 Å². The van der Waals surface area contributed by atoms with Crippen LogP contribution in [0.1, 0.15) is 49.2 Å². The van der Waals surface area contributed by atoms with Gasteiger partial charge in [-0.2, -0.15) is 4.98 Å². The lowest BCUT2D eigenvalue weighted by atomic mass is 10.1. The molecule has 3 atom stereocenters. The molecule has 0 spiro atoms. The van der Waals surface area contributed by atoms with E-state index in [1.54, 1.807) is 0 Å². The molecule has 0 N–H and O–H groups in total. The average molecular weight is 213 g/mol. The molecule has 0 saturated heterocycles. The first-order valence-corrected chi connectivity index (χ1v) is 5.68. The molecular formula is C10H13ClN2O. The van der Waals surface area contributed by atoms with Gasteiger partial charge in [0.1, 0.15) is 0 Å². The number of hydrogen-bond donors (Lipinski definition) is 0. The third kappa shape index (κ3) is 1.18. The zero-order chi connectivity index (χ0) is 9.71. The maximum absolute atomic E-state index is 5.88. The second-order valence-electron chi connectivity index (χ2n) is 4.39. The van der Waals surface area contributed by atoms with E-state index in [0.29, 0.717) is 11.7 Å². The molecule has 0 bridgehead atoms. The van der Waals surface area contributed by atoms with Crippen LogP contribution in [-0.4, -0.2) is 10.1 Å². The Bertz CT molecular complexity index is 340. The molecule has 4 heteroatoms. The van der Waals surface area contributed by atoms with Gasteiger partial charge < -0.3 is 4.52 Å². The lowest BCUT2D eigenvalue weighted by molar-refractivity contribution is 0.363. The quantitative estimate of drug-likeness (QED) is 0.708. The number of nitrogens with zero attached hydrogens (tertiary/aromatic N) is 2. The highest BCUT2D eigenvalue weighted by Gasteiger charge is 2.56. The van der Waals surface area contributed by atoms with Crippen molar-refractivity contribution in [1.29, 1.82) is 0 Å². The van der Waals surface area contributed by atoms with Gasteiger partial charge in [-0.3, -0.25) is 0 Å². The number of halogens is 1. The van der Waals surface area contributed by atoms with E-state index in [-0.39, 0.29) is 5.38 Å². The van der Waals surface area contributed by atoms with E-state index in [0.717, 1.165) is 17.7 Å². The van der Waals surface area contributed by atoms with Crippen LogP contribution < -0.4 is 0 Å². The topological polar surface area (TPSA) is 38.9 Å². The molecule has 1 aromatic heterocycles. The molecule has 3 nitrogen and oxygen atoms in total. The second-order valence-corrected chi connectivity index (χ2v) is 5.05. The monoisotopic (exact) mass is 212 g/mol. The number of hydrogen-bond acceptors (Lipinski definition) is 3. The summed E-state index contributed by atoms with van der Waals surface area (Å²) in [6.07, 6.45) is 4.05. The predicted molar refractivity (Wildman–Crippen MR) is 52.1 cm³/mol. The predicted octanol–water partition coefficient (Wildman–Crippen LogP) is 2.88. The second kappa shape index (κ2) is 2.96. The molecule has 0 radical (unpaired) electrons. The van der Waals surface area contributed by atoms with Crippen LogP contribution in [0.4, 0.5) is 0 Å². The van der Waals surface area contributed by atoms with Crippen molar-refractivity contribution < 1.29 is 4.52 Å². The van der Waals surface area contributed by atoms with Crippen molar-refractivity contribution in [3.63, 3.8) is 0 Å². The van der Waals surface area contributed by atoms with E-state index >= 15 is 0 Å². The van der Waals surface area contributed by atoms with Gasteiger partial charge in [0.2, 0.25) is 5.89 Å². The summed E-state index contributed by atoms with van der Waals surface area (Å²) in [7, 11) is 0. The van der Waals surface area contributed by atoms with Crippen molar-refractivity contribution in [1.82, 2.24) is 10.1 Å². The summed E-state index contributed by atoms with van der Waals surface area (Å²) in [5.41, 5.74) is 0. The summed E-state index contributed by atoms with van der Waals surface area (Å²) >= 11 is 5.88.